The summed E-state index contributed by atoms with van der Waals surface area (Å²) < 4.78 is 5.26. The molecule has 0 saturated heterocycles. The lowest BCUT2D eigenvalue weighted by Crippen LogP contribution is -2.12. The number of ether oxygens (including phenoxy) is 1. The molecule has 0 atom stereocenters. The molecule has 0 unspecified atom stereocenters. The van der Waals surface area contributed by atoms with E-state index in [4.69, 9.17) is 4.74 Å². The highest BCUT2D eigenvalue weighted by Crippen LogP contribution is 2.26. The molecule has 2 aromatic carbocycles. The van der Waals surface area contributed by atoms with Gasteiger partial charge in [-0.15, -0.1) is 0 Å². The first-order valence-corrected chi connectivity index (χ1v) is 6.56. The SMILES string of the molecule is COc1ccc(C)cc1NC(=O)c1ccc2nc[nH]c2c1. The molecular formula is C16H15N3O2. The maximum Gasteiger partial charge on any atom is 0.255 e. The average molecular weight is 281 g/mol. The summed E-state index contributed by atoms with van der Waals surface area (Å²) in [7, 11) is 1.58. The molecule has 5 nitrogen and oxygen atoms in total. The van der Waals surface area contributed by atoms with Crippen LogP contribution in [0.3, 0.4) is 0 Å². The minimum absolute atomic E-state index is 0.185. The second kappa shape index (κ2) is 5.28. The highest BCUT2D eigenvalue weighted by molar-refractivity contribution is 6.06. The van der Waals surface area contributed by atoms with E-state index < -0.39 is 0 Å². The van der Waals surface area contributed by atoms with Crippen molar-refractivity contribution in [3.05, 3.63) is 53.9 Å². The summed E-state index contributed by atoms with van der Waals surface area (Å²) in [5.74, 6) is 0.451. The molecule has 3 aromatic rings. The van der Waals surface area contributed by atoms with Crippen molar-refractivity contribution >= 4 is 22.6 Å². The molecule has 0 aliphatic rings. The Morgan fingerprint density at radius 3 is 2.90 bits per heavy atom. The van der Waals surface area contributed by atoms with Gasteiger partial charge in [-0.05, 0) is 42.8 Å². The number of hydrogen-bond donors (Lipinski definition) is 2. The largest absolute Gasteiger partial charge is 0.495 e. The second-order valence-corrected chi connectivity index (χ2v) is 4.79. The number of carbonyl (C=O) groups is 1. The van der Waals surface area contributed by atoms with Crippen molar-refractivity contribution in [1.82, 2.24) is 9.97 Å². The number of imidazole rings is 1. The van der Waals surface area contributed by atoms with Gasteiger partial charge < -0.3 is 15.0 Å². The van der Waals surface area contributed by atoms with Gasteiger partial charge >= 0.3 is 0 Å². The molecule has 0 aliphatic heterocycles. The van der Waals surface area contributed by atoms with Crippen molar-refractivity contribution in [1.29, 1.82) is 0 Å². The Bertz CT molecular complexity index is 808. The first kappa shape index (κ1) is 13.2. The number of aromatic nitrogens is 2. The number of rotatable bonds is 3. The van der Waals surface area contributed by atoms with Crippen LogP contribution in [-0.4, -0.2) is 23.0 Å². The first-order valence-electron chi connectivity index (χ1n) is 6.56. The Kier molecular flexibility index (Phi) is 3.31. The fraction of sp³-hybridized carbons (Fsp3) is 0.125. The van der Waals surface area contributed by atoms with Gasteiger partial charge in [-0.1, -0.05) is 6.07 Å². The van der Waals surface area contributed by atoms with E-state index in [1.54, 1.807) is 25.6 Å². The standard InChI is InChI=1S/C16H15N3O2/c1-10-3-6-15(21-2)14(7-10)19-16(20)11-4-5-12-13(8-11)18-9-17-12/h3-9H,1-2H3,(H,17,18)(H,19,20). The molecule has 3 rings (SSSR count). The Morgan fingerprint density at radius 1 is 1.24 bits per heavy atom. The third-order valence-corrected chi connectivity index (χ3v) is 3.29. The van der Waals surface area contributed by atoms with Crippen molar-refractivity contribution in [2.24, 2.45) is 0 Å². The molecule has 1 amide bonds. The zero-order valence-electron chi connectivity index (χ0n) is 11.8. The predicted octanol–water partition coefficient (Wildman–Crippen LogP) is 3.13. The Hall–Kier alpha value is -2.82. The summed E-state index contributed by atoms with van der Waals surface area (Å²) in [6, 6.07) is 11.0. The summed E-state index contributed by atoms with van der Waals surface area (Å²) in [6.45, 7) is 1.96. The fourth-order valence-electron chi connectivity index (χ4n) is 2.19. The van der Waals surface area contributed by atoms with Gasteiger partial charge in [0.25, 0.3) is 5.91 Å². The lowest BCUT2D eigenvalue weighted by Gasteiger charge is -2.11. The van der Waals surface area contributed by atoms with E-state index in [-0.39, 0.29) is 5.91 Å². The van der Waals surface area contributed by atoms with Crippen molar-refractivity contribution in [3.8, 4) is 5.75 Å². The smallest absolute Gasteiger partial charge is 0.255 e. The first-order chi connectivity index (χ1) is 10.2. The van der Waals surface area contributed by atoms with Crippen LogP contribution in [0.5, 0.6) is 5.75 Å². The van der Waals surface area contributed by atoms with Gasteiger partial charge in [-0.2, -0.15) is 0 Å². The monoisotopic (exact) mass is 281 g/mol. The van der Waals surface area contributed by atoms with E-state index in [9.17, 15) is 4.79 Å². The van der Waals surface area contributed by atoms with Crippen LogP contribution in [0.15, 0.2) is 42.7 Å². The molecule has 5 heteroatoms. The minimum atomic E-state index is -0.185. The van der Waals surface area contributed by atoms with Gasteiger partial charge in [0.1, 0.15) is 5.75 Å². The van der Waals surface area contributed by atoms with E-state index in [0.717, 1.165) is 16.6 Å². The molecule has 106 valence electrons. The quantitative estimate of drug-likeness (QED) is 0.775. The van der Waals surface area contributed by atoms with Crippen LogP contribution in [0.25, 0.3) is 11.0 Å². The molecule has 2 N–H and O–H groups in total. The van der Waals surface area contributed by atoms with Gasteiger partial charge in [0.15, 0.2) is 0 Å². The number of aromatic amines is 1. The number of benzene rings is 2. The fourth-order valence-corrected chi connectivity index (χ4v) is 2.19. The molecule has 1 heterocycles. The molecule has 0 bridgehead atoms. The number of amides is 1. The number of fused-ring (bicyclic) bond motifs is 1. The minimum Gasteiger partial charge on any atom is -0.495 e. The molecule has 0 saturated carbocycles. The number of H-pyrrole nitrogens is 1. The van der Waals surface area contributed by atoms with Crippen molar-refractivity contribution < 1.29 is 9.53 Å². The molecule has 1 aromatic heterocycles. The number of hydrogen-bond acceptors (Lipinski definition) is 3. The second-order valence-electron chi connectivity index (χ2n) is 4.79. The Morgan fingerprint density at radius 2 is 2.10 bits per heavy atom. The maximum absolute atomic E-state index is 12.4. The molecule has 0 radical (unpaired) electrons. The molecular weight excluding hydrogens is 266 g/mol. The van der Waals surface area contributed by atoms with Crippen LogP contribution < -0.4 is 10.1 Å². The lowest BCUT2D eigenvalue weighted by atomic mass is 10.1. The molecule has 0 aliphatic carbocycles. The zero-order chi connectivity index (χ0) is 14.8. The number of nitrogens with one attached hydrogen (secondary N) is 2. The summed E-state index contributed by atoms with van der Waals surface area (Å²) in [4.78, 5) is 19.5. The van der Waals surface area contributed by atoms with Gasteiger partial charge in [0.05, 0.1) is 30.2 Å². The predicted molar refractivity (Wildman–Crippen MR) is 81.8 cm³/mol. The van der Waals surface area contributed by atoms with Crippen molar-refractivity contribution in [2.75, 3.05) is 12.4 Å². The molecule has 0 spiro atoms. The summed E-state index contributed by atoms with van der Waals surface area (Å²) >= 11 is 0. The lowest BCUT2D eigenvalue weighted by molar-refractivity contribution is 0.102. The van der Waals surface area contributed by atoms with E-state index in [1.807, 2.05) is 31.2 Å². The number of aryl methyl sites for hydroxylation is 1. The Balaban J connectivity index is 1.90. The van der Waals surface area contributed by atoms with Crippen LogP contribution in [0.2, 0.25) is 0 Å². The van der Waals surface area contributed by atoms with Crippen LogP contribution >= 0.6 is 0 Å². The van der Waals surface area contributed by atoms with Crippen LogP contribution in [0.4, 0.5) is 5.69 Å². The number of anilines is 1. The van der Waals surface area contributed by atoms with Gasteiger partial charge in [-0.3, -0.25) is 4.79 Å². The van der Waals surface area contributed by atoms with Gasteiger partial charge in [0.2, 0.25) is 0 Å². The van der Waals surface area contributed by atoms with Gasteiger partial charge in [0, 0.05) is 5.56 Å². The van der Waals surface area contributed by atoms with Crippen LogP contribution in [-0.2, 0) is 0 Å². The van der Waals surface area contributed by atoms with Gasteiger partial charge in [-0.25, -0.2) is 4.98 Å². The van der Waals surface area contributed by atoms with E-state index in [1.165, 1.54) is 0 Å². The van der Waals surface area contributed by atoms with Crippen LogP contribution in [0.1, 0.15) is 15.9 Å². The van der Waals surface area contributed by atoms with E-state index in [0.29, 0.717) is 17.0 Å². The summed E-state index contributed by atoms with van der Waals surface area (Å²) in [6.07, 6.45) is 1.61. The molecule has 21 heavy (non-hydrogen) atoms. The van der Waals surface area contributed by atoms with E-state index >= 15 is 0 Å². The number of nitrogens with zero attached hydrogens (tertiary/aromatic N) is 1. The third kappa shape index (κ3) is 2.58. The van der Waals surface area contributed by atoms with E-state index in [2.05, 4.69) is 15.3 Å². The normalized spacial score (nSPS) is 10.6. The van der Waals surface area contributed by atoms with Crippen molar-refractivity contribution in [3.63, 3.8) is 0 Å². The highest BCUT2D eigenvalue weighted by Gasteiger charge is 2.11. The molecule has 0 fully saturated rings. The van der Waals surface area contributed by atoms with Crippen LogP contribution in [0, 0.1) is 6.92 Å². The Labute approximate surface area is 122 Å². The summed E-state index contributed by atoms with van der Waals surface area (Å²) in [5.41, 5.74) is 3.94. The third-order valence-electron chi connectivity index (χ3n) is 3.29. The number of carbonyl (C=O) groups excluding carboxylic acids is 1. The zero-order valence-corrected chi connectivity index (χ0v) is 11.8. The average Bonchev–Trinajstić information content (AvgIpc) is 2.94. The summed E-state index contributed by atoms with van der Waals surface area (Å²) in [5, 5.41) is 2.88. The number of methoxy groups -OCH3 is 1. The topological polar surface area (TPSA) is 67.0 Å². The van der Waals surface area contributed by atoms with Crippen molar-refractivity contribution in [2.45, 2.75) is 6.92 Å². The maximum atomic E-state index is 12.4. The highest BCUT2D eigenvalue weighted by atomic mass is 16.5.